The number of rotatable bonds is 4. The Morgan fingerprint density at radius 3 is 2.05 bits per heavy atom. The summed E-state index contributed by atoms with van der Waals surface area (Å²) < 4.78 is 53.0. The molecule has 2 nitrogen and oxygen atoms in total. The lowest BCUT2D eigenvalue weighted by molar-refractivity contribution is 0.451. The molecular weight excluding hydrogens is 364 g/mol. The highest BCUT2D eigenvalue weighted by atomic mass is 79.9. The molecule has 7 heteroatoms. The van der Waals surface area contributed by atoms with Crippen LogP contribution in [0.4, 0.5) is 23.2 Å². The van der Waals surface area contributed by atoms with Gasteiger partial charge < -0.3 is 0 Å². The molecule has 22 heavy (non-hydrogen) atoms. The Kier molecular flexibility index (Phi) is 5.18. The minimum atomic E-state index is -1.55. The second-order valence-corrected chi connectivity index (χ2v) is 5.20. The van der Waals surface area contributed by atoms with Gasteiger partial charge in [-0.1, -0.05) is 31.2 Å². The van der Waals surface area contributed by atoms with Crippen LogP contribution in [0.2, 0.25) is 0 Å². The Bertz CT molecular complexity index is 685. The Hall–Kier alpha value is -1.89. The maximum atomic E-state index is 13.6. The molecule has 0 bridgehead atoms. The van der Waals surface area contributed by atoms with Crippen LogP contribution >= 0.6 is 15.9 Å². The van der Waals surface area contributed by atoms with E-state index >= 15 is 0 Å². The number of nitrogens with one attached hydrogen (secondary N) is 1. The van der Waals surface area contributed by atoms with Gasteiger partial charge >= 0.3 is 0 Å². The Morgan fingerprint density at radius 1 is 1.00 bits per heavy atom. The molecule has 0 radical (unpaired) electrons. The summed E-state index contributed by atoms with van der Waals surface area (Å²) in [7, 11) is 0. The van der Waals surface area contributed by atoms with E-state index in [1.807, 2.05) is 24.5 Å². The minimum Gasteiger partial charge on any atom is -0.272 e. The molecule has 0 saturated heterocycles. The van der Waals surface area contributed by atoms with E-state index in [0.29, 0.717) is 5.56 Å². The first-order chi connectivity index (χ1) is 10.5. The molecule has 0 fully saturated rings. The number of halogens is 5. The summed E-state index contributed by atoms with van der Waals surface area (Å²) in [6.07, 6.45) is 2.17. The van der Waals surface area contributed by atoms with Crippen molar-refractivity contribution < 1.29 is 17.6 Å². The van der Waals surface area contributed by atoms with E-state index in [4.69, 9.17) is 0 Å². The zero-order valence-electron chi connectivity index (χ0n) is 11.4. The van der Waals surface area contributed by atoms with E-state index < -0.39 is 33.4 Å². The van der Waals surface area contributed by atoms with Crippen molar-refractivity contribution in [2.75, 3.05) is 5.43 Å². The number of aryl methyl sites for hydroxylation is 1. The summed E-state index contributed by atoms with van der Waals surface area (Å²) >= 11 is 2.44. The van der Waals surface area contributed by atoms with Crippen LogP contribution in [0.25, 0.3) is 0 Å². The maximum Gasteiger partial charge on any atom is 0.188 e. The quantitative estimate of drug-likeness (QED) is 0.262. The first kappa shape index (κ1) is 16.5. The standard InChI is InChI=1S/C15H11BrF4N2/c1-2-8-3-5-9(6-4-8)7-21-22-15-13(19)11(17)10(16)12(18)14(15)20/h3-7,22H,2H2,1H3. The SMILES string of the molecule is CCc1ccc(C=NNc2c(F)c(F)c(Br)c(F)c2F)cc1. The summed E-state index contributed by atoms with van der Waals surface area (Å²) in [6, 6.07) is 7.28. The van der Waals surface area contributed by atoms with Crippen LogP contribution in [0.3, 0.4) is 0 Å². The lowest BCUT2D eigenvalue weighted by Gasteiger charge is -2.07. The van der Waals surface area contributed by atoms with E-state index in [1.165, 1.54) is 6.21 Å². The van der Waals surface area contributed by atoms with Gasteiger partial charge in [0.25, 0.3) is 0 Å². The molecule has 0 aromatic heterocycles. The number of hydrogen-bond donors (Lipinski definition) is 1. The second kappa shape index (κ2) is 6.91. The third kappa shape index (κ3) is 3.30. The average molecular weight is 375 g/mol. The highest BCUT2D eigenvalue weighted by Gasteiger charge is 2.23. The van der Waals surface area contributed by atoms with Gasteiger partial charge in [0.1, 0.15) is 5.69 Å². The lowest BCUT2D eigenvalue weighted by atomic mass is 10.1. The third-order valence-corrected chi connectivity index (χ3v) is 3.68. The number of benzene rings is 2. The van der Waals surface area contributed by atoms with E-state index in [1.54, 1.807) is 12.1 Å². The third-order valence-electron chi connectivity index (χ3n) is 2.99. The van der Waals surface area contributed by atoms with Crippen molar-refractivity contribution in [3.05, 3.63) is 63.1 Å². The monoisotopic (exact) mass is 374 g/mol. The molecule has 0 amide bonds. The smallest absolute Gasteiger partial charge is 0.188 e. The molecule has 1 N–H and O–H groups in total. The molecule has 0 saturated carbocycles. The molecule has 0 heterocycles. The lowest BCUT2D eigenvalue weighted by Crippen LogP contribution is -2.04. The molecule has 0 unspecified atom stereocenters. The topological polar surface area (TPSA) is 24.4 Å². The first-order valence-corrected chi connectivity index (χ1v) is 7.14. The Morgan fingerprint density at radius 2 is 1.55 bits per heavy atom. The molecule has 0 spiro atoms. The molecule has 2 aromatic rings. The van der Waals surface area contributed by atoms with Crippen molar-refractivity contribution in [1.29, 1.82) is 0 Å². The summed E-state index contributed by atoms with van der Waals surface area (Å²) in [4.78, 5) is 0. The highest BCUT2D eigenvalue weighted by Crippen LogP contribution is 2.31. The minimum absolute atomic E-state index is 0.670. The molecule has 2 rings (SSSR count). The zero-order valence-corrected chi connectivity index (χ0v) is 13.0. The maximum absolute atomic E-state index is 13.6. The first-order valence-electron chi connectivity index (χ1n) is 6.35. The van der Waals surface area contributed by atoms with Crippen molar-refractivity contribution >= 4 is 27.8 Å². The predicted octanol–water partition coefficient (Wildman–Crippen LogP) is 5.01. The van der Waals surface area contributed by atoms with Crippen molar-refractivity contribution in [2.24, 2.45) is 5.10 Å². The molecule has 0 aliphatic heterocycles. The number of nitrogens with zero attached hydrogens (tertiary/aromatic N) is 1. The van der Waals surface area contributed by atoms with Gasteiger partial charge in [-0.05, 0) is 33.5 Å². The van der Waals surface area contributed by atoms with E-state index in [2.05, 4.69) is 21.0 Å². The molecule has 0 atom stereocenters. The van der Waals surface area contributed by atoms with Crippen LogP contribution in [-0.2, 0) is 6.42 Å². The van der Waals surface area contributed by atoms with Crippen molar-refractivity contribution in [3.63, 3.8) is 0 Å². The van der Waals surface area contributed by atoms with Crippen molar-refractivity contribution in [1.82, 2.24) is 0 Å². The van der Waals surface area contributed by atoms with Gasteiger partial charge in [-0.25, -0.2) is 17.6 Å². The fraction of sp³-hybridized carbons (Fsp3) is 0.133. The van der Waals surface area contributed by atoms with Gasteiger partial charge in [0.2, 0.25) is 0 Å². The van der Waals surface area contributed by atoms with Crippen LogP contribution in [0.5, 0.6) is 0 Å². The van der Waals surface area contributed by atoms with Crippen LogP contribution in [0.15, 0.2) is 33.8 Å². The number of anilines is 1. The summed E-state index contributed by atoms with van der Waals surface area (Å²) in [5.41, 5.74) is 2.79. The van der Waals surface area contributed by atoms with Crippen LogP contribution < -0.4 is 5.43 Å². The van der Waals surface area contributed by atoms with Gasteiger partial charge in [0.05, 0.1) is 10.7 Å². The van der Waals surface area contributed by atoms with Crippen molar-refractivity contribution in [3.8, 4) is 0 Å². The van der Waals surface area contributed by atoms with Gasteiger partial charge in [-0.15, -0.1) is 0 Å². The summed E-state index contributed by atoms with van der Waals surface area (Å²) in [5, 5.41) is 3.60. The molecule has 116 valence electrons. The molecule has 0 aliphatic rings. The summed E-state index contributed by atoms with van der Waals surface area (Å²) in [6.45, 7) is 2.01. The Labute approximate surface area is 133 Å². The number of hydrogen-bond acceptors (Lipinski definition) is 2. The Balaban J connectivity index is 2.22. The van der Waals surface area contributed by atoms with Crippen LogP contribution in [0, 0.1) is 23.3 Å². The molecule has 2 aromatic carbocycles. The van der Waals surface area contributed by atoms with Crippen LogP contribution in [0.1, 0.15) is 18.1 Å². The van der Waals surface area contributed by atoms with Crippen LogP contribution in [-0.4, -0.2) is 6.21 Å². The van der Waals surface area contributed by atoms with Gasteiger partial charge in [-0.2, -0.15) is 5.10 Å². The van der Waals surface area contributed by atoms with Gasteiger partial charge in [0, 0.05) is 0 Å². The largest absolute Gasteiger partial charge is 0.272 e. The highest BCUT2D eigenvalue weighted by molar-refractivity contribution is 9.10. The molecular formula is C15H11BrF4N2. The average Bonchev–Trinajstić information content (AvgIpc) is 2.55. The predicted molar refractivity (Wildman–Crippen MR) is 81.0 cm³/mol. The molecule has 0 aliphatic carbocycles. The number of hydrazone groups is 1. The fourth-order valence-electron chi connectivity index (χ4n) is 1.71. The second-order valence-electron chi connectivity index (χ2n) is 4.41. The van der Waals surface area contributed by atoms with E-state index in [-0.39, 0.29) is 0 Å². The van der Waals surface area contributed by atoms with Crippen molar-refractivity contribution in [2.45, 2.75) is 13.3 Å². The van der Waals surface area contributed by atoms with Gasteiger partial charge in [-0.3, -0.25) is 5.43 Å². The fourth-order valence-corrected chi connectivity index (χ4v) is 2.06. The van der Waals surface area contributed by atoms with E-state index in [9.17, 15) is 17.6 Å². The zero-order chi connectivity index (χ0) is 16.3. The van der Waals surface area contributed by atoms with Gasteiger partial charge in [0.15, 0.2) is 23.3 Å². The van der Waals surface area contributed by atoms with E-state index in [0.717, 1.165) is 12.0 Å². The summed E-state index contributed by atoms with van der Waals surface area (Å²) in [5.74, 6) is -6.15. The normalized spacial score (nSPS) is 11.2.